The summed E-state index contributed by atoms with van der Waals surface area (Å²) >= 11 is 1.29. The lowest BCUT2D eigenvalue weighted by atomic mass is 10.1. The lowest BCUT2D eigenvalue weighted by Crippen LogP contribution is -2.00. The van der Waals surface area contributed by atoms with Crippen molar-refractivity contribution in [3.05, 3.63) is 76.9 Å². The Hall–Kier alpha value is -2.46. The third kappa shape index (κ3) is 3.07. The van der Waals surface area contributed by atoms with Crippen LogP contribution in [0.25, 0.3) is 10.4 Å². The van der Waals surface area contributed by atoms with Gasteiger partial charge in [-0.3, -0.25) is 4.79 Å². The Balaban J connectivity index is 1.80. The maximum Gasteiger partial charge on any atom is 0.177 e. The fourth-order valence-electron chi connectivity index (χ4n) is 2.18. The van der Waals surface area contributed by atoms with E-state index in [2.05, 4.69) is 0 Å². The molecule has 0 aliphatic carbocycles. The van der Waals surface area contributed by atoms with E-state index < -0.39 is 0 Å². The van der Waals surface area contributed by atoms with Crippen LogP contribution in [0.4, 0.5) is 4.39 Å². The molecule has 2 aromatic carbocycles. The number of aromatic hydroxyl groups is 1. The number of ketones is 1. The number of phenolic OH excluding ortho intramolecular Hbond substituents is 1. The zero-order valence-electron chi connectivity index (χ0n) is 11.6. The molecule has 0 atom stereocenters. The summed E-state index contributed by atoms with van der Waals surface area (Å²) in [5, 5.41) is 9.24. The summed E-state index contributed by atoms with van der Waals surface area (Å²) in [6.45, 7) is 0. The summed E-state index contributed by atoms with van der Waals surface area (Å²) in [5.74, 6) is -0.130. The van der Waals surface area contributed by atoms with Gasteiger partial charge in [0.25, 0.3) is 0 Å². The van der Waals surface area contributed by atoms with Gasteiger partial charge < -0.3 is 5.11 Å². The van der Waals surface area contributed by atoms with E-state index in [1.54, 1.807) is 54.6 Å². The smallest absolute Gasteiger partial charge is 0.177 e. The SMILES string of the molecule is O=C(Cc1ccc(O)cc1)c1ccc(-c2ccccc2F)s1. The number of rotatable bonds is 4. The minimum Gasteiger partial charge on any atom is -0.508 e. The van der Waals surface area contributed by atoms with E-state index >= 15 is 0 Å². The van der Waals surface area contributed by atoms with Gasteiger partial charge in [-0.15, -0.1) is 11.3 Å². The average Bonchev–Trinajstić information content (AvgIpc) is 3.00. The Bertz CT molecular complexity index is 806. The van der Waals surface area contributed by atoms with Gasteiger partial charge in [0.1, 0.15) is 11.6 Å². The molecule has 110 valence electrons. The fraction of sp³-hybridized carbons (Fsp3) is 0.0556. The molecule has 0 aliphatic rings. The highest BCUT2D eigenvalue weighted by Gasteiger charge is 2.13. The van der Waals surface area contributed by atoms with E-state index in [4.69, 9.17) is 0 Å². The van der Waals surface area contributed by atoms with Crippen molar-refractivity contribution >= 4 is 17.1 Å². The van der Waals surface area contributed by atoms with E-state index in [0.29, 0.717) is 10.4 Å². The Morgan fingerprint density at radius 3 is 2.45 bits per heavy atom. The third-order valence-electron chi connectivity index (χ3n) is 3.32. The van der Waals surface area contributed by atoms with Crippen molar-refractivity contribution in [1.82, 2.24) is 0 Å². The molecule has 0 saturated heterocycles. The van der Waals surface area contributed by atoms with Gasteiger partial charge >= 0.3 is 0 Å². The van der Waals surface area contributed by atoms with Gasteiger partial charge in [0.2, 0.25) is 0 Å². The summed E-state index contributed by atoms with van der Waals surface area (Å²) in [5.41, 5.74) is 1.35. The van der Waals surface area contributed by atoms with Crippen LogP contribution in [0.3, 0.4) is 0 Å². The minimum atomic E-state index is -0.290. The molecule has 2 nitrogen and oxygen atoms in total. The molecule has 1 N–H and O–H groups in total. The molecule has 1 heterocycles. The molecule has 0 spiro atoms. The van der Waals surface area contributed by atoms with E-state index in [0.717, 1.165) is 10.4 Å². The average molecular weight is 312 g/mol. The van der Waals surface area contributed by atoms with Crippen LogP contribution in [-0.2, 0) is 6.42 Å². The number of hydrogen-bond donors (Lipinski definition) is 1. The largest absolute Gasteiger partial charge is 0.508 e. The predicted octanol–water partition coefficient (Wildman–Crippen LogP) is 4.69. The Morgan fingerprint density at radius 2 is 1.73 bits per heavy atom. The van der Waals surface area contributed by atoms with Crippen LogP contribution in [0.5, 0.6) is 5.75 Å². The van der Waals surface area contributed by atoms with Crippen LogP contribution in [0, 0.1) is 5.82 Å². The number of hydrogen-bond acceptors (Lipinski definition) is 3. The van der Waals surface area contributed by atoms with Gasteiger partial charge in [-0.1, -0.05) is 30.3 Å². The first kappa shape index (κ1) is 14.5. The summed E-state index contributed by atoms with van der Waals surface area (Å²) in [6.07, 6.45) is 0.261. The topological polar surface area (TPSA) is 37.3 Å². The minimum absolute atomic E-state index is 0.0155. The summed E-state index contributed by atoms with van der Waals surface area (Å²) < 4.78 is 13.8. The van der Waals surface area contributed by atoms with Crippen LogP contribution in [-0.4, -0.2) is 10.9 Å². The molecule has 3 aromatic rings. The fourth-order valence-corrected chi connectivity index (χ4v) is 3.15. The van der Waals surface area contributed by atoms with Crippen molar-refractivity contribution < 1.29 is 14.3 Å². The highest BCUT2D eigenvalue weighted by molar-refractivity contribution is 7.17. The lowest BCUT2D eigenvalue weighted by Gasteiger charge is -2.00. The molecule has 3 rings (SSSR count). The lowest BCUT2D eigenvalue weighted by molar-refractivity contribution is 0.0997. The van der Waals surface area contributed by atoms with Crippen molar-refractivity contribution in [2.75, 3.05) is 0 Å². The number of Topliss-reactive ketones (excluding diaryl/α,β-unsaturated/α-hetero) is 1. The first-order valence-electron chi connectivity index (χ1n) is 6.79. The Morgan fingerprint density at radius 1 is 1.00 bits per heavy atom. The predicted molar refractivity (Wildman–Crippen MR) is 85.9 cm³/mol. The summed E-state index contributed by atoms with van der Waals surface area (Å²) in [6, 6.07) is 16.6. The normalized spacial score (nSPS) is 10.6. The Labute approximate surface area is 131 Å². The molecule has 22 heavy (non-hydrogen) atoms. The van der Waals surface area contributed by atoms with Crippen LogP contribution in [0.15, 0.2) is 60.7 Å². The van der Waals surface area contributed by atoms with E-state index in [-0.39, 0.29) is 23.8 Å². The Kier molecular flexibility index (Phi) is 4.02. The monoisotopic (exact) mass is 312 g/mol. The molecule has 1 aromatic heterocycles. The molecule has 0 radical (unpaired) electrons. The zero-order chi connectivity index (χ0) is 15.5. The highest BCUT2D eigenvalue weighted by atomic mass is 32.1. The molecule has 0 saturated carbocycles. The first-order chi connectivity index (χ1) is 10.6. The van der Waals surface area contributed by atoms with Gasteiger partial charge in [-0.25, -0.2) is 4.39 Å². The van der Waals surface area contributed by atoms with Crippen molar-refractivity contribution in [2.24, 2.45) is 0 Å². The third-order valence-corrected chi connectivity index (χ3v) is 4.48. The van der Waals surface area contributed by atoms with Crippen LogP contribution in [0.2, 0.25) is 0 Å². The molecular formula is C18H13FO2S. The number of benzene rings is 2. The molecule has 4 heteroatoms. The van der Waals surface area contributed by atoms with Crippen LogP contribution < -0.4 is 0 Å². The van der Waals surface area contributed by atoms with Gasteiger partial charge in [0.05, 0.1) is 4.88 Å². The maximum atomic E-state index is 13.8. The second-order valence-corrected chi connectivity index (χ2v) is 5.99. The standard InChI is InChI=1S/C18H13FO2S/c19-15-4-2-1-3-14(15)17-9-10-18(22-17)16(21)11-12-5-7-13(20)8-6-12/h1-10,20H,11H2. The van der Waals surface area contributed by atoms with Crippen molar-refractivity contribution in [3.8, 4) is 16.2 Å². The van der Waals surface area contributed by atoms with Crippen LogP contribution in [0.1, 0.15) is 15.2 Å². The van der Waals surface area contributed by atoms with E-state index in [1.807, 2.05) is 0 Å². The summed E-state index contributed by atoms with van der Waals surface area (Å²) in [4.78, 5) is 13.6. The number of phenols is 1. The van der Waals surface area contributed by atoms with Gasteiger partial charge in [0, 0.05) is 16.9 Å². The van der Waals surface area contributed by atoms with Gasteiger partial charge in [-0.05, 0) is 35.9 Å². The van der Waals surface area contributed by atoms with Crippen molar-refractivity contribution in [1.29, 1.82) is 0 Å². The maximum absolute atomic E-state index is 13.8. The van der Waals surface area contributed by atoms with Gasteiger partial charge in [0.15, 0.2) is 5.78 Å². The molecule has 0 aliphatic heterocycles. The molecule has 0 amide bonds. The number of carbonyl (C=O) groups is 1. The highest BCUT2D eigenvalue weighted by Crippen LogP contribution is 2.30. The number of halogens is 1. The molecular weight excluding hydrogens is 299 g/mol. The van der Waals surface area contributed by atoms with E-state index in [9.17, 15) is 14.3 Å². The molecule has 0 bridgehead atoms. The van der Waals surface area contributed by atoms with Gasteiger partial charge in [-0.2, -0.15) is 0 Å². The van der Waals surface area contributed by atoms with Crippen LogP contribution >= 0.6 is 11.3 Å². The van der Waals surface area contributed by atoms with E-state index in [1.165, 1.54) is 17.4 Å². The number of carbonyl (C=O) groups excluding carboxylic acids is 1. The number of thiophene rings is 1. The summed E-state index contributed by atoms with van der Waals surface area (Å²) in [7, 11) is 0. The second kappa shape index (κ2) is 6.12. The molecule has 0 unspecified atom stereocenters. The quantitative estimate of drug-likeness (QED) is 0.710. The second-order valence-electron chi connectivity index (χ2n) is 4.91. The molecule has 0 fully saturated rings. The first-order valence-corrected chi connectivity index (χ1v) is 7.61. The van der Waals surface area contributed by atoms with Crippen molar-refractivity contribution in [2.45, 2.75) is 6.42 Å². The zero-order valence-corrected chi connectivity index (χ0v) is 12.4. The van der Waals surface area contributed by atoms with Crippen molar-refractivity contribution in [3.63, 3.8) is 0 Å².